The molecule has 0 saturated carbocycles. The summed E-state index contributed by atoms with van der Waals surface area (Å²) in [6.45, 7) is 1.36. The molecule has 0 aromatic heterocycles. The molecule has 0 aliphatic carbocycles. The number of hydrogen-bond donors (Lipinski definition) is 2. The maximum Gasteiger partial charge on any atom is 0.411 e. The van der Waals surface area contributed by atoms with Crippen LogP contribution in [0.2, 0.25) is 10.0 Å². The van der Waals surface area contributed by atoms with Gasteiger partial charge in [0.2, 0.25) is 0 Å². The summed E-state index contributed by atoms with van der Waals surface area (Å²) in [6, 6.07) is 5.09. The smallest absolute Gasteiger partial charge is 0.411 e. The molecule has 2 rings (SSSR count). The average Bonchev–Trinajstić information content (AvgIpc) is 2.77. The van der Waals surface area contributed by atoms with E-state index in [1.54, 1.807) is 18.2 Å². The molecule has 1 heterocycles. The highest BCUT2D eigenvalue weighted by Crippen LogP contribution is 2.22. The number of nitrogens with one attached hydrogen (secondary N) is 2. The molecule has 18 heavy (non-hydrogen) atoms. The quantitative estimate of drug-likeness (QED) is 0.897. The number of rotatable bonds is 3. The summed E-state index contributed by atoms with van der Waals surface area (Å²) in [5.41, 5.74) is 0.525. The molecular formula is C12H14Cl2N2O2. The number of carbonyl (C=O) groups excluding carboxylic acids is 1. The maximum absolute atomic E-state index is 11.5. The molecule has 2 N–H and O–H groups in total. The monoisotopic (exact) mass is 288 g/mol. The van der Waals surface area contributed by atoms with Gasteiger partial charge in [-0.05, 0) is 37.6 Å². The zero-order chi connectivity index (χ0) is 13.0. The van der Waals surface area contributed by atoms with Crippen molar-refractivity contribution < 1.29 is 9.53 Å². The van der Waals surface area contributed by atoms with Crippen LogP contribution in [0.5, 0.6) is 0 Å². The second-order valence-electron chi connectivity index (χ2n) is 4.17. The molecular weight excluding hydrogens is 275 g/mol. The first-order valence-corrected chi connectivity index (χ1v) is 6.52. The summed E-state index contributed by atoms with van der Waals surface area (Å²) in [5, 5.41) is 6.77. The first-order valence-electron chi connectivity index (χ1n) is 5.77. The van der Waals surface area contributed by atoms with Gasteiger partial charge in [0.15, 0.2) is 0 Å². The van der Waals surface area contributed by atoms with Crippen LogP contribution in [0.15, 0.2) is 18.2 Å². The van der Waals surface area contributed by atoms with Crippen LogP contribution in [-0.2, 0) is 4.74 Å². The molecule has 1 saturated heterocycles. The van der Waals surface area contributed by atoms with E-state index in [1.165, 1.54) is 0 Å². The highest BCUT2D eigenvalue weighted by atomic mass is 35.5. The van der Waals surface area contributed by atoms with Gasteiger partial charge in [-0.3, -0.25) is 5.32 Å². The Balaban J connectivity index is 1.82. The molecule has 98 valence electrons. The van der Waals surface area contributed by atoms with E-state index in [2.05, 4.69) is 10.6 Å². The standard InChI is InChI=1S/C12H14Cl2N2O2/c13-8-4-9(14)6-11(5-8)16-12(17)18-7-10-2-1-3-15-10/h4-6,10,15H,1-3,7H2,(H,16,17). The molecule has 1 aromatic carbocycles. The van der Waals surface area contributed by atoms with Gasteiger partial charge in [0.1, 0.15) is 6.61 Å². The van der Waals surface area contributed by atoms with Crippen molar-refractivity contribution in [3.05, 3.63) is 28.2 Å². The van der Waals surface area contributed by atoms with Crippen LogP contribution in [0.4, 0.5) is 10.5 Å². The molecule has 1 atom stereocenters. The van der Waals surface area contributed by atoms with Gasteiger partial charge in [-0.2, -0.15) is 0 Å². The number of carbonyl (C=O) groups is 1. The molecule has 6 heteroatoms. The van der Waals surface area contributed by atoms with Gasteiger partial charge in [-0.15, -0.1) is 0 Å². The Kier molecular flexibility index (Phi) is 4.69. The molecule has 1 unspecified atom stereocenters. The van der Waals surface area contributed by atoms with E-state index in [1.807, 2.05) is 0 Å². The zero-order valence-corrected chi connectivity index (χ0v) is 11.2. The topological polar surface area (TPSA) is 50.4 Å². The lowest BCUT2D eigenvalue weighted by Gasteiger charge is -2.11. The molecule has 0 radical (unpaired) electrons. The Morgan fingerprint density at radius 1 is 1.39 bits per heavy atom. The summed E-state index contributed by atoms with van der Waals surface area (Å²) in [7, 11) is 0. The van der Waals surface area contributed by atoms with Crippen molar-refractivity contribution in [3.63, 3.8) is 0 Å². The second-order valence-corrected chi connectivity index (χ2v) is 5.05. The van der Waals surface area contributed by atoms with E-state index in [-0.39, 0.29) is 6.04 Å². The van der Waals surface area contributed by atoms with Gasteiger partial charge >= 0.3 is 6.09 Å². The Bertz CT molecular complexity index is 414. The van der Waals surface area contributed by atoms with Crippen molar-refractivity contribution in [2.24, 2.45) is 0 Å². The zero-order valence-electron chi connectivity index (χ0n) is 9.71. The van der Waals surface area contributed by atoms with Crippen LogP contribution in [0.25, 0.3) is 0 Å². The molecule has 4 nitrogen and oxygen atoms in total. The van der Waals surface area contributed by atoms with Gasteiger partial charge < -0.3 is 10.1 Å². The third kappa shape index (κ3) is 4.05. The predicted octanol–water partition coefficient (Wildman–Crippen LogP) is 3.29. The fourth-order valence-corrected chi connectivity index (χ4v) is 2.38. The molecule has 1 aliphatic rings. The van der Waals surface area contributed by atoms with Crippen molar-refractivity contribution in [2.75, 3.05) is 18.5 Å². The minimum Gasteiger partial charge on any atom is -0.448 e. The SMILES string of the molecule is O=C(Nc1cc(Cl)cc(Cl)c1)OCC1CCCN1. The van der Waals surface area contributed by atoms with E-state index >= 15 is 0 Å². The highest BCUT2D eigenvalue weighted by molar-refractivity contribution is 6.35. The first-order chi connectivity index (χ1) is 8.63. The minimum atomic E-state index is -0.498. The van der Waals surface area contributed by atoms with Crippen molar-refractivity contribution in [3.8, 4) is 0 Å². The van der Waals surface area contributed by atoms with Gasteiger partial charge in [0.05, 0.1) is 0 Å². The van der Waals surface area contributed by atoms with Gasteiger partial charge in [-0.25, -0.2) is 4.79 Å². The van der Waals surface area contributed by atoms with Crippen molar-refractivity contribution >= 4 is 35.0 Å². The average molecular weight is 289 g/mol. The van der Waals surface area contributed by atoms with Crippen LogP contribution >= 0.6 is 23.2 Å². The lowest BCUT2D eigenvalue weighted by Crippen LogP contribution is -2.29. The Morgan fingerprint density at radius 2 is 2.11 bits per heavy atom. The van der Waals surface area contributed by atoms with Gasteiger partial charge in [-0.1, -0.05) is 23.2 Å². The van der Waals surface area contributed by atoms with Gasteiger partial charge in [0, 0.05) is 21.8 Å². The lowest BCUT2D eigenvalue weighted by atomic mass is 10.2. The fourth-order valence-electron chi connectivity index (χ4n) is 1.86. The fraction of sp³-hybridized carbons (Fsp3) is 0.417. The van der Waals surface area contributed by atoms with Crippen LogP contribution < -0.4 is 10.6 Å². The molecule has 1 fully saturated rings. The van der Waals surface area contributed by atoms with E-state index in [0.717, 1.165) is 19.4 Å². The number of halogens is 2. The molecule has 0 bridgehead atoms. The molecule has 1 amide bonds. The van der Waals surface area contributed by atoms with E-state index in [0.29, 0.717) is 22.3 Å². The largest absolute Gasteiger partial charge is 0.448 e. The summed E-state index contributed by atoms with van der Waals surface area (Å²) < 4.78 is 5.11. The molecule has 1 aromatic rings. The van der Waals surface area contributed by atoms with Crippen molar-refractivity contribution in [1.29, 1.82) is 0 Å². The predicted molar refractivity (Wildman–Crippen MR) is 72.5 cm³/mol. The second kappa shape index (κ2) is 6.27. The summed E-state index contributed by atoms with van der Waals surface area (Å²) in [6.07, 6.45) is 1.66. The Morgan fingerprint density at radius 3 is 2.72 bits per heavy atom. The van der Waals surface area contributed by atoms with E-state index in [9.17, 15) is 4.79 Å². The summed E-state index contributed by atoms with van der Waals surface area (Å²) in [4.78, 5) is 11.5. The Hall–Kier alpha value is -0.970. The normalized spacial score (nSPS) is 18.7. The maximum atomic E-state index is 11.5. The lowest BCUT2D eigenvalue weighted by molar-refractivity contribution is 0.151. The number of anilines is 1. The van der Waals surface area contributed by atoms with Crippen molar-refractivity contribution in [1.82, 2.24) is 5.32 Å². The van der Waals surface area contributed by atoms with Crippen LogP contribution in [-0.4, -0.2) is 25.3 Å². The van der Waals surface area contributed by atoms with Crippen LogP contribution in [0.3, 0.4) is 0 Å². The number of hydrogen-bond acceptors (Lipinski definition) is 3. The number of amides is 1. The third-order valence-corrected chi connectivity index (χ3v) is 3.12. The molecule has 0 spiro atoms. The summed E-state index contributed by atoms with van der Waals surface area (Å²) in [5.74, 6) is 0. The summed E-state index contributed by atoms with van der Waals surface area (Å²) >= 11 is 11.7. The number of ether oxygens (including phenoxy) is 1. The van der Waals surface area contributed by atoms with E-state index < -0.39 is 6.09 Å². The molecule has 1 aliphatic heterocycles. The van der Waals surface area contributed by atoms with E-state index in [4.69, 9.17) is 27.9 Å². The van der Waals surface area contributed by atoms with Gasteiger partial charge in [0.25, 0.3) is 0 Å². The van der Waals surface area contributed by atoms with Crippen molar-refractivity contribution in [2.45, 2.75) is 18.9 Å². The highest BCUT2D eigenvalue weighted by Gasteiger charge is 2.16. The minimum absolute atomic E-state index is 0.263. The Labute approximate surface area is 116 Å². The van der Waals surface area contributed by atoms with Crippen LogP contribution in [0, 0.1) is 0 Å². The third-order valence-electron chi connectivity index (χ3n) is 2.69. The number of benzene rings is 1. The van der Waals surface area contributed by atoms with Crippen LogP contribution in [0.1, 0.15) is 12.8 Å². The first kappa shape index (κ1) is 13.5.